The number of nitrogens with zero attached hydrogens (tertiary/aromatic N) is 3. The van der Waals surface area contributed by atoms with Crippen LogP contribution in [0.1, 0.15) is 31.9 Å². The lowest BCUT2D eigenvalue weighted by atomic mass is 10.1. The Morgan fingerprint density at radius 2 is 2.03 bits per heavy atom. The number of guanidine groups is 1. The minimum absolute atomic E-state index is 0.374. The molecule has 1 N–H and O–H groups in total. The van der Waals surface area contributed by atoms with Crippen molar-refractivity contribution in [3.63, 3.8) is 0 Å². The molecule has 1 saturated heterocycles. The number of methoxy groups -OCH3 is 2. The summed E-state index contributed by atoms with van der Waals surface area (Å²) in [6, 6.07) is 4.88. The Kier molecular flexibility index (Phi) is 9.04. The van der Waals surface area contributed by atoms with Crippen LogP contribution in [-0.4, -0.2) is 82.0 Å². The minimum Gasteiger partial charge on any atom is -0.493 e. The second-order valence-electron chi connectivity index (χ2n) is 7.70. The van der Waals surface area contributed by atoms with Crippen molar-refractivity contribution in [2.45, 2.75) is 46.3 Å². The van der Waals surface area contributed by atoms with Gasteiger partial charge in [0.05, 0.1) is 34.0 Å². The maximum Gasteiger partial charge on any atom is 0.194 e. The van der Waals surface area contributed by atoms with Gasteiger partial charge in [0.2, 0.25) is 0 Å². The summed E-state index contributed by atoms with van der Waals surface area (Å²) < 4.78 is 16.4. The molecule has 2 rings (SSSR count). The lowest BCUT2D eigenvalue weighted by molar-refractivity contribution is -0.0166. The molecule has 1 heterocycles. The first-order valence-corrected chi connectivity index (χ1v) is 10.5. The van der Waals surface area contributed by atoms with Gasteiger partial charge in [0.1, 0.15) is 0 Å². The smallest absolute Gasteiger partial charge is 0.194 e. The summed E-state index contributed by atoms with van der Waals surface area (Å²) in [5.74, 6) is 2.42. The topological polar surface area (TPSA) is 58.6 Å². The normalized spacial score (nSPS) is 19.0. The Bertz CT molecular complexity index is 680. The second kappa shape index (κ2) is 11.3. The lowest BCUT2D eigenvalue weighted by Crippen LogP contribution is -2.49. The Morgan fingerprint density at radius 1 is 1.34 bits per heavy atom. The van der Waals surface area contributed by atoms with Gasteiger partial charge in [0, 0.05) is 38.8 Å². The number of aliphatic imine (C=N–C) groups is 1. The van der Waals surface area contributed by atoms with E-state index in [4.69, 9.17) is 19.2 Å². The molecule has 0 aromatic heterocycles. The zero-order chi connectivity index (χ0) is 21.4. The average molecular weight is 407 g/mol. The fourth-order valence-corrected chi connectivity index (χ4v) is 3.71. The Morgan fingerprint density at radius 3 is 2.66 bits per heavy atom. The highest BCUT2D eigenvalue weighted by molar-refractivity contribution is 5.79. The maximum absolute atomic E-state index is 5.56. The van der Waals surface area contributed by atoms with E-state index in [1.54, 1.807) is 14.2 Å². The molecule has 29 heavy (non-hydrogen) atoms. The SMILES string of the molecule is CCNC(=NCC(C)N1CCOCC1C)N(C)Cc1cc(OC)c(OC)cc1C. The van der Waals surface area contributed by atoms with E-state index in [1.807, 2.05) is 12.1 Å². The van der Waals surface area contributed by atoms with Gasteiger partial charge in [-0.1, -0.05) is 0 Å². The molecule has 1 aliphatic rings. The van der Waals surface area contributed by atoms with Crippen molar-refractivity contribution in [3.05, 3.63) is 23.3 Å². The third-order valence-electron chi connectivity index (χ3n) is 5.44. The first-order valence-electron chi connectivity index (χ1n) is 10.5. The Labute approximate surface area is 176 Å². The molecule has 0 radical (unpaired) electrons. The number of rotatable bonds is 8. The van der Waals surface area contributed by atoms with Gasteiger partial charge in [-0.2, -0.15) is 0 Å². The van der Waals surface area contributed by atoms with Crippen LogP contribution in [0.15, 0.2) is 17.1 Å². The van der Waals surface area contributed by atoms with Crippen LogP contribution in [0.4, 0.5) is 0 Å². The van der Waals surface area contributed by atoms with Crippen LogP contribution in [0.3, 0.4) is 0 Å². The van der Waals surface area contributed by atoms with E-state index in [1.165, 1.54) is 11.1 Å². The molecular weight excluding hydrogens is 368 g/mol. The van der Waals surface area contributed by atoms with E-state index in [2.05, 4.69) is 49.9 Å². The highest BCUT2D eigenvalue weighted by Crippen LogP contribution is 2.30. The molecule has 7 nitrogen and oxygen atoms in total. The van der Waals surface area contributed by atoms with Gasteiger partial charge in [-0.15, -0.1) is 0 Å². The molecule has 2 atom stereocenters. The largest absolute Gasteiger partial charge is 0.493 e. The van der Waals surface area contributed by atoms with E-state index in [0.29, 0.717) is 12.1 Å². The molecule has 2 unspecified atom stereocenters. The van der Waals surface area contributed by atoms with Gasteiger partial charge in [-0.3, -0.25) is 9.89 Å². The van der Waals surface area contributed by atoms with Crippen molar-refractivity contribution in [1.29, 1.82) is 0 Å². The van der Waals surface area contributed by atoms with Crippen molar-refractivity contribution < 1.29 is 14.2 Å². The quantitative estimate of drug-likeness (QED) is 0.529. The van der Waals surface area contributed by atoms with Gasteiger partial charge in [-0.05, 0) is 51.0 Å². The molecule has 1 fully saturated rings. The van der Waals surface area contributed by atoms with Crippen molar-refractivity contribution >= 4 is 5.96 Å². The van der Waals surface area contributed by atoms with E-state index < -0.39 is 0 Å². The molecule has 1 aromatic carbocycles. The number of hydrogen-bond donors (Lipinski definition) is 1. The van der Waals surface area contributed by atoms with Crippen LogP contribution in [0.2, 0.25) is 0 Å². The number of aryl methyl sites for hydroxylation is 1. The Balaban J connectivity index is 2.10. The first-order chi connectivity index (χ1) is 13.9. The molecule has 0 spiro atoms. The predicted octanol–water partition coefficient (Wildman–Crippen LogP) is 2.52. The van der Waals surface area contributed by atoms with Crippen LogP contribution in [-0.2, 0) is 11.3 Å². The molecule has 0 aliphatic carbocycles. The predicted molar refractivity (Wildman–Crippen MR) is 118 cm³/mol. The standard InChI is InChI=1S/C22H38N4O3/c1-8-23-22(24-13-17(3)26-9-10-29-15-18(26)4)25(5)14-19-12-21(28-7)20(27-6)11-16(19)2/h11-12,17-18H,8-10,13-15H2,1-7H3,(H,23,24). The molecule has 164 valence electrons. The van der Waals surface area contributed by atoms with Gasteiger partial charge in [0.15, 0.2) is 17.5 Å². The molecule has 1 aliphatic heterocycles. The van der Waals surface area contributed by atoms with Crippen LogP contribution in [0, 0.1) is 6.92 Å². The summed E-state index contributed by atoms with van der Waals surface area (Å²) in [6.07, 6.45) is 0. The van der Waals surface area contributed by atoms with Gasteiger partial charge in [-0.25, -0.2) is 0 Å². The third-order valence-corrected chi connectivity index (χ3v) is 5.44. The molecule has 1 aromatic rings. The number of hydrogen-bond acceptors (Lipinski definition) is 5. The fraction of sp³-hybridized carbons (Fsp3) is 0.682. The highest BCUT2D eigenvalue weighted by atomic mass is 16.5. The summed E-state index contributed by atoms with van der Waals surface area (Å²) in [5, 5.41) is 3.42. The second-order valence-corrected chi connectivity index (χ2v) is 7.70. The molecular formula is C22H38N4O3. The van der Waals surface area contributed by atoms with Crippen molar-refractivity contribution in [3.8, 4) is 11.5 Å². The monoisotopic (exact) mass is 406 g/mol. The fourth-order valence-electron chi connectivity index (χ4n) is 3.71. The van der Waals surface area contributed by atoms with E-state index >= 15 is 0 Å². The first kappa shape index (κ1) is 23.3. The molecule has 0 saturated carbocycles. The average Bonchev–Trinajstić information content (AvgIpc) is 2.72. The van der Waals surface area contributed by atoms with Gasteiger partial charge < -0.3 is 24.4 Å². The molecule has 0 amide bonds. The number of morpholine rings is 1. The maximum atomic E-state index is 5.56. The van der Waals surface area contributed by atoms with Crippen LogP contribution in [0.5, 0.6) is 11.5 Å². The Hall–Kier alpha value is -1.99. The van der Waals surface area contributed by atoms with E-state index in [9.17, 15) is 0 Å². The lowest BCUT2D eigenvalue weighted by Gasteiger charge is -2.37. The van der Waals surface area contributed by atoms with Crippen LogP contribution >= 0.6 is 0 Å². The van der Waals surface area contributed by atoms with Crippen molar-refractivity contribution in [2.75, 3.05) is 54.1 Å². The molecule has 7 heteroatoms. The van der Waals surface area contributed by atoms with Gasteiger partial charge >= 0.3 is 0 Å². The minimum atomic E-state index is 0.374. The zero-order valence-electron chi connectivity index (χ0n) is 19.1. The summed E-state index contributed by atoms with van der Waals surface area (Å²) in [6.45, 7) is 13.5. The summed E-state index contributed by atoms with van der Waals surface area (Å²) >= 11 is 0. The van der Waals surface area contributed by atoms with Crippen LogP contribution < -0.4 is 14.8 Å². The summed E-state index contributed by atoms with van der Waals surface area (Å²) in [5.41, 5.74) is 2.35. The van der Waals surface area contributed by atoms with Crippen molar-refractivity contribution in [1.82, 2.24) is 15.1 Å². The number of nitrogens with one attached hydrogen (secondary N) is 1. The van der Waals surface area contributed by atoms with E-state index in [0.717, 1.165) is 56.9 Å². The summed E-state index contributed by atoms with van der Waals surface area (Å²) in [7, 11) is 5.40. The van der Waals surface area contributed by atoms with Gasteiger partial charge in [0.25, 0.3) is 0 Å². The van der Waals surface area contributed by atoms with Crippen molar-refractivity contribution in [2.24, 2.45) is 4.99 Å². The van der Waals surface area contributed by atoms with Crippen LogP contribution in [0.25, 0.3) is 0 Å². The number of benzene rings is 1. The van der Waals surface area contributed by atoms with E-state index in [-0.39, 0.29) is 0 Å². The highest BCUT2D eigenvalue weighted by Gasteiger charge is 2.23. The summed E-state index contributed by atoms with van der Waals surface area (Å²) in [4.78, 5) is 9.56. The number of ether oxygens (including phenoxy) is 3. The molecule has 0 bridgehead atoms. The zero-order valence-corrected chi connectivity index (χ0v) is 19.1. The third kappa shape index (κ3) is 6.24.